The van der Waals surface area contributed by atoms with E-state index in [1.54, 1.807) is 33.6 Å². The molecule has 2 heterocycles. The van der Waals surface area contributed by atoms with Crippen molar-refractivity contribution in [1.82, 2.24) is 15.0 Å². The summed E-state index contributed by atoms with van der Waals surface area (Å²) in [5, 5.41) is 4.19. The fourth-order valence-corrected chi connectivity index (χ4v) is 3.69. The van der Waals surface area contributed by atoms with Gasteiger partial charge in [0.1, 0.15) is 47.5 Å². The topological polar surface area (TPSA) is 96.9 Å². The lowest BCUT2D eigenvalue weighted by Crippen LogP contribution is -2.08. The van der Waals surface area contributed by atoms with Crippen LogP contribution in [0.3, 0.4) is 0 Å². The molecule has 0 aliphatic heterocycles. The fraction of sp³-hybridized carbons (Fsp3) is 0.269. The van der Waals surface area contributed by atoms with Crippen LogP contribution in [0.15, 0.2) is 48.9 Å². The van der Waals surface area contributed by atoms with Crippen molar-refractivity contribution in [3.63, 3.8) is 0 Å². The lowest BCUT2D eigenvalue weighted by atomic mass is 10.1. The van der Waals surface area contributed by atoms with Crippen LogP contribution in [0.25, 0.3) is 10.9 Å². The maximum absolute atomic E-state index is 6.30. The summed E-state index contributed by atoms with van der Waals surface area (Å²) in [5.41, 5.74) is 2.04. The van der Waals surface area contributed by atoms with Gasteiger partial charge in [-0.15, -0.1) is 12.4 Å². The van der Waals surface area contributed by atoms with Crippen LogP contribution < -0.4 is 29.0 Å². The van der Waals surface area contributed by atoms with E-state index in [0.717, 1.165) is 5.56 Å². The van der Waals surface area contributed by atoms with Gasteiger partial charge in [-0.3, -0.25) is 0 Å². The Hall–Kier alpha value is -3.69. The van der Waals surface area contributed by atoms with Gasteiger partial charge in [-0.25, -0.2) is 15.0 Å². The molecule has 0 spiro atoms. The minimum absolute atomic E-state index is 0. The summed E-state index contributed by atoms with van der Waals surface area (Å²) < 4.78 is 28.3. The minimum atomic E-state index is -0.0970. The first kappa shape index (κ1) is 27.9. The number of nitrogens with zero attached hydrogens (tertiary/aromatic N) is 3. The molecule has 0 aliphatic rings. The second-order valence-corrected chi connectivity index (χ2v) is 8.37. The summed E-state index contributed by atoms with van der Waals surface area (Å²) in [6.45, 7) is 4.17. The van der Waals surface area contributed by atoms with Crippen LogP contribution in [0, 0.1) is 0 Å². The summed E-state index contributed by atoms with van der Waals surface area (Å²) >= 11 is 6.30. The Balaban J connectivity index is 0.00000380. The van der Waals surface area contributed by atoms with Gasteiger partial charge < -0.3 is 29.0 Å². The normalized spacial score (nSPS) is 10.6. The molecule has 0 saturated heterocycles. The quantitative estimate of drug-likeness (QED) is 0.232. The maximum atomic E-state index is 6.30. The highest BCUT2D eigenvalue weighted by Gasteiger charge is 2.17. The molecule has 9 nitrogen and oxygen atoms in total. The van der Waals surface area contributed by atoms with Gasteiger partial charge in [-0.1, -0.05) is 11.6 Å². The Bertz CT molecular complexity index is 1370. The van der Waals surface area contributed by atoms with E-state index in [0.29, 0.717) is 51.2 Å². The van der Waals surface area contributed by atoms with Gasteiger partial charge in [0.15, 0.2) is 5.15 Å². The average molecular weight is 547 g/mol. The van der Waals surface area contributed by atoms with Crippen LogP contribution in [-0.4, -0.2) is 42.4 Å². The van der Waals surface area contributed by atoms with Gasteiger partial charge in [0.2, 0.25) is 0 Å². The number of hydrogen-bond donors (Lipinski definition) is 1. The van der Waals surface area contributed by atoms with Crippen LogP contribution in [-0.2, 0) is 6.61 Å². The fourth-order valence-electron chi connectivity index (χ4n) is 3.54. The van der Waals surface area contributed by atoms with Crippen molar-refractivity contribution in [1.29, 1.82) is 0 Å². The standard InChI is InChI=1S/C26H27ClN4O5.ClH/c1-15(2)36-23-11-18(35-13-16-6-7-17(32-3)10-22(16)34-5)8-20-24(23)26(30-14-29-20)31-21-9-19(33-4)12-28-25(21)27;/h6-12,14-15H,13H2,1-5H3,(H,29,30,31);1H. The van der Waals surface area contributed by atoms with E-state index in [4.69, 9.17) is 35.3 Å². The Kier molecular flexibility index (Phi) is 9.43. The van der Waals surface area contributed by atoms with Crippen molar-refractivity contribution in [2.24, 2.45) is 0 Å². The highest BCUT2D eigenvalue weighted by molar-refractivity contribution is 6.32. The van der Waals surface area contributed by atoms with Crippen molar-refractivity contribution in [3.8, 4) is 28.7 Å². The summed E-state index contributed by atoms with van der Waals surface area (Å²) in [4.78, 5) is 13.0. The number of nitrogens with one attached hydrogen (secondary N) is 1. The predicted octanol–water partition coefficient (Wildman–Crippen LogP) is 6.24. The summed E-state index contributed by atoms with van der Waals surface area (Å²) in [6.07, 6.45) is 2.90. The highest BCUT2D eigenvalue weighted by atomic mass is 35.5. The predicted molar refractivity (Wildman–Crippen MR) is 146 cm³/mol. The number of aromatic nitrogens is 3. The van der Waals surface area contributed by atoms with Gasteiger partial charge in [0, 0.05) is 29.8 Å². The van der Waals surface area contributed by atoms with Crippen molar-refractivity contribution in [2.45, 2.75) is 26.6 Å². The van der Waals surface area contributed by atoms with Crippen molar-refractivity contribution in [3.05, 3.63) is 59.6 Å². The van der Waals surface area contributed by atoms with Crippen LogP contribution >= 0.6 is 24.0 Å². The Labute approximate surface area is 226 Å². The zero-order valence-electron chi connectivity index (χ0n) is 21.1. The molecule has 0 radical (unpaired) electrons. The second-order valence-electron chi connectivity index (χ2n) is 8.01. The van der Waals surface area contributed by atoms with Crippen LogP contribution in [0.1, 0.15) is 19.4 Å². The zero-order valence-corrected chi connectivity index (χ0v) is 22.6. The average Bonchev–Trinajstić information content (AvgIpc) is 2.88. The molecule has 1 N–H and O–H groups in total. The molecule has 2 aromatic heterocycles. The summed E-state index contributed by atoms with van der Waals surface area (Å²) in [6, 6.07) is 11.0. The van der Waals surface area contributed by atoms with Gasteiger partial charge >= 0.3 is 0 Å². The van der Waals surface area contributed by atoms with E-state index < -0.39 is 0 Å². The molecule has 0 atom stereocenters. The van der Waals surface area contributed by atoms with Crippen molar-refractivity contribution < 1.29 is 23.7 Å². The van der Waals surface area contributed by atoms with E-state index in [2.05, 4.69) is 20.3 Å². The largest absolute Gasteiger partial charge is 0.497 e. The smallest absolute Gasteiger partial charge is 0.152 e. The molecule has 0 aliphatic carbocycles. The molecule has 0 fully saturated rings. The third-order valence-corrected chi connectivity index (χ3v) is 5.53. The molecule has 196 valence electrons. The van der Waals surface area contributed by atoms with E-state index in [1.807, 2.05) is 44.2 Å². The SMILES string of the molecule is COc1cnc(Cl)c(Nc2ncnc3cc(OCc4ccc(OC)cc4OC)cc(OC(C)C)c23)c1.Cl. The molecule has 37 heavy (non-hydrogen) atoms. The lowest BCUT2D eigenvalue weighted by molar-refractivity contribution is 0.242. The molecular weight excluding hydrogens is 519 g/mol. The lowest BCUT2D eigenvalue weighted by Gasteiger charge is -2.17. The highest BCUT2D eigenvalue weighted by Crippen LogP contribution is 2.38. The van der Waals surface area contributed by atoms with E-state index in [1.165, 1.54) is 6.33 Å². The summed E-state index contributed by atoms with van der Waals surface area (Å²) in [7, 11) is 4.78. The van der Waals surface area contributed by atoms with E-state index >= 15 is 0 Å². The minimum Gasteiger partial charge on any atom is -0.497 e. The van der Waals surface area contributed by atoms with Crippen LogP contribution in [0.4, 0.5) is 11.5 Å². The molecule has 4 aromatic rings. The van der Waals surface area contributed by atoms with Gasteiger partial charge in [-0.2, -0.15) is 0 Å². The Morgan fingerprint density at radius 3 is 2.32 bits per heavy atom. The number of rotatable bonds is 10. The second kappa shape index (κ2) is 12.5. The van der Waals surface area contributed by atoms with Crippen LogP contribution in [0.5, 0.6) is 28.7 Å². The van der Waals surface area contributed by atoms with Crippen LogP contribution in [0.2, 0.25) is 5.15 Å². The third-order valence-electron chi connectivity index (χ3n) is 5.23. The molecule has 0 bridgehead atoms. The monoisotopic (exact) mass is 546 g/mol. The molecule has 2 aromatic carbocycles. The maximum Gasteiger partial charge on any atom is 0.152 e. The summed E-state index contributed by atoms with van der Waals surface area (Å²) in [5.74, 6) is 3.60. The first-order chi connectivity index (χ1) is 17.4. The van der Waals surface area contributed by atoms with E-state index in [-0.39, 0.29) is 30.3 Å². The van der Waals surface area contributed by atoms with Crippen molar-refractivity contribution >= 4 is 46.4 Å². The number of hydrogen-bond acceptors (Lipinski definition) is 9. The Morgan fingerprint density at radius 2 is 1.62 bits per heavy atom. The number of benzene rings is 2. The number of pyridine rings is 1. The molecule has 4 rings (SSSR count). The van der Waals surface area contributed by atoms with Crippen molar-refractivity contribution in [2.75, 3.05) is 26.6 Å². The molecule has 0 amide bonds. The van der Waals surface area contributed by atoms with Gasteiger partial charge in [-0.05, 0) is 26.0 Å². The van der Waals surface area contributed by atoms with Gasteiger partial charge in [0.25, 0.3) is 0 Å². The molecule has 11 heteroatoms. The number of ether oxygens (including phenoxy) is 5. The molecule has 0 saturated carbocycles. The molecule has 0 unspecified atom stereocenters. The van der Waals surface area contributed by atoms with Gasteiger partial charge in [0.05, 0.1) is 50.2 Å². The zero-order chi connectivity index (χ0) is 25.7. The van der Waals surface area contributed by atoms with E-state index in [9.17, 15) is 0 Å². The Morgan fingerprint density at radius 1 is 0.865 bits per heavy atom. The first-order valence-corrected chi connectivity index (χ1v) is 11.5. The number of fused-ring (bicyclic) bond motifs is 1. The number of anilines is 2. The number of methoxy groups -OCH3 is 3. The third kappa shape index (κ3) is 6.55. The first-order valence-electron chi connectivity index (χ1n) is 11.2. The molecular formula is C26H28Cl2N4O5. The number of halogens is 2.